The summed E-state index contributed by atoms with van der Waals surface area (Å²) in [5.74, 6) is -5.30. The predicted molar refractivity (Wildman–Crippen MR) is 172 cm³/mol. The van der Waals surface area contributed by atoms with Gasteiger partial charge in [0.2, 0.25) is 16.2 Å². The summed E-state index contributed by atoms with van der Waals surface area (Å²) >= 11 is 2.73. The third-order valence-electron chi connectivity index (χ3n) is 8.57. The van der Waals surface area contributed by atoms with Gasteiger partial charge in [-0.25, -0.2) is 17.6 Å². The Kier molecular flexibility index (Phi) is 8.88. The largest absolute Gasteiger partial charge is 0.373 e. The minimum atomic E-state index is -2.67. The van der Waals surface area contributed by atoms with Gasteiger partial charge in [0.25, 0.3) is 11.8 Å². The average molecular weight is 705 g/mol. The van der Waals surface area contributed by atoms with E-state index in [2.05, 4.69) is 41.0 Å². The van der Waals surface area contributed by atoms with Crippen molar-refractivity contribution in [2.24, 2.45) is 0 Å². The smallest absolute Gasteiger partial charge is 0.282 e. The lowest BCUT2D eigenvalue weighted by molar-refractivity contribution is -0.115. The van der Waals surface area contributed by atoms with Crippen molar-refractivity contribution >= 4 is 50.2 Å². The quantitative estimate of drug-likeness (QED) is 0.148. The molecule has 2 saturated heterocycles. The molecule has 1 amide bonds. The summed E-state index contributed by atoms with van der Waals surface area (Å²) < 4.78 is 52.6. The molecule has 6 heterocycles. The molecule has 3 N–H and O–H groups in total. The lowest BCUT2D eigenvalue weighted by Crippen LogP contribution is -2.56. The molecule has 254 valence electrons. The van der Waals surface area contributed by atoms with Crippen molar-refractivity contribution in [1.29, 1.82) is 0 Å². The molecule has 1 aliphatic carbocycles. The van der Waals surface area contributed by atoms with Gasteiger partial charge in [0.05, 0.1) is 56.4 Å². The molecular formula is C30H32F4N10O2S2. The molecular weight excluding hydrogens is 673 g/mol. The third-order valence-corrected chi connectivity index (χ3v) is 10.6. The van der Waals surface area contributed by atoms with Gasteiger partial charge in [-0.2, -0.15) is 0 Å². The lowest BCUT2D eigenvalue weighted by atomic mass is 9.82. The predicted octanol–water partition coefficient (Wildman–Crippen LogP) is 4.69. The fourth-order valence-corrected chi connectivity index (χ4v) is 7.93. The standard InChI is InChI=1S/C30H32F4N10O2S2/c31-29(32)13-43(14-29)21-6-4-19(35-11-21)9-23(45)37-27-41-39-25(47-27)17-2-1-3-18(8-17)26-40-42-28(48-26)38-24(46)10-20-5-7-22(12-36-20)44-15-30(33,34)16-44/h4-7,11-12,17-18,23,45H,1-3,8-10,13-16H2,(H,37,41)(H,38,42,46)/t17-,18-,23?/m0/s1. The van der Waals surface area contributed by atoms with Crippen LogP contribution in [0.4, 0.5) is 39.2 Å². The summed E-state index contributed by atoms with van der Waals surface area (Å²) in [5, 5.41) is 36.1. The number of anilines is 4. The Morgan fingerprint density at radius 3 is 1.92 bits per heavy atom. The first-order valence-electron chi connectivity index (χ1n) is 15.5. The van der Waals surface area contributed by atoms with E-state index in [0.717, 1.165) is 35.7 Å². The maximum Gasteiger partial charge on any atom is 0.282 e. The van der Waals surface area contributed by atoms with Crippen LogP contribution in [0.3, 0.4) is 0 Å². The van der Waals surface area contributed by atoms with Gasteiger partial charge in [-0.05, 0) is 43.5 Å². The van der Waals surface area contributed by atoms with Crippen LogP contribution in [0.25, 0.3) is 0 Å². The number of nitrogens with zero attached hydrogens (tertiary/aromatic N) is 8. The fraction of sp³-hybridized carbons (Fsp3) is 0.500. The summed E-state index contributed by atoms with van der Waals surface area (Å²) in [5.41, 5.74) is 2.36. The number of halogens is 4. The fourth-order valence-electron chi connectivity index (χ4n) is 6.09. The molecule has 0 spiro atoms. The molecule has 0 aromatic carbocycles. The average Bonchev–Trinajstić information content (AvgIpc) is 3.69. The number of pyridine rings is 2. The molecule has 48 heavy (non-hydrogen) atoms. The van der Waals surface area contributed by atoms with Gasteiger partial charge in [0, 0.05) is 29.6 Å². The lowest BCUT2D eigenvalue weighted by Gasteiger charge is -2.40. The van der Waals surface area contributed by atoms with Gasteiger partial charge in [-0.15, -0.1) is 20.4 Å². The van der Waals surface area contributed by atoms with E-state index < -0.39 is 18.1 Å². The maximum absolute atomic E-state index is 13.1. The van der Waals surface area contributed by atoms with Crippen LogP contribution in [0.2, 0.25) is 0 Å². The molecule has 4 aromatic rings. The third kappa shape index (κ3) is 7.65. The number of carbonyl (C=O) groups excluding carboxylic acids is 1. The number of aromatic nitrogens is 6. The molecule has 2 aliphatic heterocycles. The van der Waals surface area contributed by atoms with Crippen LogP contribution in [0.1, 0.15) is 58.9 Å². The van der Waals surface area contributed by atoms with Gasteiger partial charge < -0.3 is 25.5 Å². The summed E-state index contributed by atoms with van der Waals surface area (Å²) in [7, 11) is 0. The first-order valence-corrected chi connectivity index (χ1v) is 17.2. The number of nitrogens with one attached hydrogen (secondary N) is 2. The van der Waals surface area contributed by atoms with E-state index >= 15 is 0 Å². The van der Waals surface area contributed by atoms with Crippen LogP contribution in [0.5, 0.6) is 0 Å². The molecule has 3 atom stereocenters. The summed E-state index contributed by atoms with van der Waals surface area (Å²) in [6, 6.07) is 6.79. The van der Waals surface area contributed by atoms with E-state index in [0.29, 0.717) is 33.0 Å². The van der Waals surface area contributed by atoms with Crippen LogP contribution < -0.4 is 20.4 Å². The van der Waals surface area contributed by atoms with Crippen molar-refractivity contribution < 1.29 is 27.5 Å². The van der Waals surface area contributed by atoms with Crippen molar-refractivity contribution in [3.63, 3.8) is 0 Å². The Balaban J connectivity index is 0.875. The molecule has 12 nitrogen and oxygen atoms in total. The van der Waals surface area contributed by atoms with Crippen LogP contribution in [0.15, 0.2) is 36.7 Å². The van der Waals surface area contributed by atoms with E-state index in [4.69, 9.17) is 0 Å². The van der Waals surface area contributed by atoms with Crippen LogP contribution in [-0.4, -0.2) is 85.6 Å². The first-order chi connectivity index (χ1) is 23.0. The van der Waals surface area contributed by atoms with Gasteiger partial charge in [-0.3, -0.25) is 14.8 Å². The molecule has 1 unspecified atom stereocenters. The van der Waals surface area contributed by atoms with Crippen molar-refractivity contribution in [2.45, 2.75) is 68.4 Å². The second kappa shape index (κ2) is 13.1. The zero-order chi connectivity index (χ0) is 33.5. The van der Waals surface area contributed by atoms with E-state index in [1.165, 1.54) is 40.0 Å². The minimum Gasteiger partial charge on any atom is -0.373 e. The Bertz CT molecular complexity index is 1720. The van der Waals surface area contributed by atoms with Crippen LogP contribution >= 0.6 is 22.7 Å². The summed E-state index contributed by atoms with van der Waals surface area (Å²) in [4.78, 5) is 24.3. The van der Waals surface area contributed by atoms with Gasteiger partial charge in [-0.1, -0.05) is 29.1 Å². The molecule has 1 saturated carbocycles. The number of hydrogen-bond donors (Lipinski definition) is 3. The Morgan fingerprint density at radius 1 is 0.833 bits per heavy atom. The van der Waals surface area contributed by atoms with Crippen molar-refractivity contribution in [3.8, 4) is 0 Å². The van der Waals surface area contributed by atoms with E-state index in [1.54, 1.807) is 29.2 Å². The topological polar surface area (TPSA) is 145 Å². The Morgan fingerprint density at radius 2 is 1.38 bits per heavy atom. The van der Waals surface area contributed by atoms with Gasteiger partial charge in [0.15, 0.2) is 0 Å². The van der Waals surface area contributed by atoms with E-state index in [1.807, 2.05) is 0 Å². The highest BCUT2D eigenvalue weighted by molar-refractivity contribution is 7.15. The van der Waals surface area contributed by atoms with Crippen molar-refractivity contribution in [1.82, 2.24) is 30.4 Å². The number of amides is 1. The van der Waals surface area contributed by atoms with E-state index in [9.17, 15) is 27.5 Å². The van der Waals surface area contributed by atoms with Gasteiger partial charge in [0.1, 0.15) is 16.2 Å². The minimum absolute atomic E-state index is 0.0181. The monoisotopic (exact) mass is 704 g/mol. The Labute approximate surface area is 280 Å². The molecule has 7 rings (SSSR count). The first kappa shape index (κ1) is 32.5. The number of alkyl halides is 4. The second-order valence-corrected chi connectivity index (χ2v) is 14.5. The van der Waals surface area contributed by atoms with Gasteiger partial charge >= 0.3 is 0 Å². The van der Waals surface area contributed by atoms with E-state index in [-0.39, 0.29) is 56.8 Å². The molecule has 4 aromatic heterocycles. The highest BCUT2D eigenvalue weighted by Gasteiger charge is 2.44. The highest BCUT2D eigenvalue weighted by atomic mass is 32.1. The van der Waals surface area contributed by atoms with Crippen LogP contribution in [0, 0.1) is 0 Å². The second-order valence-electron chi connectivity index (χ2n) is 12.5. The number of hydrogen-bond acceptors (Lipinski definition) is 13. The number of rotatable bonds is 11. The summed E-state index contributed by atoms with van der Waals surface area (Å²) in [6.45, 7) is -1.29. The molecule has 18 heteroatoms. The number of carbonyl (C=O) groups is 1. The zero-order valence-corrected chi connectivity index (χ0v) is 27.2. The number of aliphatic hydroxyl groups excluding tert-OH is 1. The van der Waals surface area contributed by atoms with Crippen LogP contribution in [-0.2, 0) is 17.6 Å². The maximum atomic E-state index is 13.1. The molecule has 0 bridgehead atoms. The Hall–Kier alpha value is -4.03. The SMILES string of the molecule is O=C(Cc1ccc(N2CC(F)(F)C2)cn1)Nc1nnc([C@H]2CCC[C@H](c3nnc(NC(O)Cc4ccc(N5CC(F)(F)C5)cn4)s3)C2)s1. The zero-order valence-electron chi connectivity index (χ0n) is 25.5. The normalized spacial score (nSPS) is 22.0. The molecule has 3 fully saturated rings. The number of aliphatic hydroxyl groups is 1. The van der Waals surface area contributed by atoms with Crippen molar-refractivity contribution in [3.05, 3.63) is 58.1 Å². The molecule has 3 aliphatic rings. The highest BCUT2D eigenvalue weighted by Crippen LogP contribution is 2.43. The molecule has 0 radical (unpaired) electrons. The van der Waals surface area contributed by atoms with Crippen molar-refractivity contribution in [2.75, 3.05) is 46.6 Å². The summed E-state index contributed by atoms with van der Waals surface area (Å²) in [6.07, 6.45) is 5.96.